The quantitative estimate of drug-likeness (QED) is 0.384. The number of rotatable bonds is 4. The van der Waals surface area contributed by atoms with Gasteiger partial charge in [-0.15, -0.1) is 0 Å². The van der Waals surface area contributed by atoms with Gasteiger partial charge in [-0.05, 0) is 73.5 Å². The van der Waals surface area contributed by atoms with Gasteiger partial charge in [0.05, 0.1) is 22.8 Å². The highest BCUT2D eigenvalue weighted by Crippen LogP contribution is 2.33. The molecule has 0 fully saturated rings. The molecule has 0 atom stereocenters. The maximum Gasteiger partial charge on any atom is 0.255 e. The number of halogens is 2. The van der Waals surface area contributed by atoms with E-state index >= 15 is 0 Å². The first-order valence-electron chi connectivity index (χ1n) is 9.18. The molecule has 0 aliphatic rings. The van der Waals surface area contributed by atoms with Crippen molar-refractivity contribution in [1.82, 2.24) is 4.98 Å². The Bertz CT molecular complexity index is 1240. The van der Waals surface area contributed by atoms with Gasteiger partial charge >= 0.3 is 0 Å². The summed E-state index contributed by atoms with van der Waals surface area (Å²) in [5.74, 6) is 0.630. The van der Waals surface area contributed by atoms with Gasteiger partial charge in [0.1, 0.15) is 11.3 Å². The SMILES string of the molecule is COc1ccc(-c2nc3cc(C)c(C)cc3o2)cc1NC(=O)c1ccc(Cl)c(Cl)c1. The maximum absolute atomic E-state index is 12.7. The summed E-state index contributed by atoms with van der Waals surface area (Å²) in [6, 6.07) is 14.0. The van der Waals surface area contributed by atoms with Gasteiger partial charge in [0.2, 0.25) is 5.89 Å². The summed E-state index contributed by atoms with van der Waals surface area (Å²) in [5.41, 5.74) is 5.36. The minimum absolute atomic E-state index is 0.307. The summed E-state index contributed by atoms with van der Waals surface area (Å²) in [6.07, 6.45) is 0. The Kier molecular flexibility index (Phi) is 5.41. The van der Waals surface area contributed by atoms with Gasteiger partial charge in [0.25, 0.3) is 5.91 Å². The van der Waals surface area contributed by atoms with E-state index < -0.39 is 0 Å². The fourth-order valence-electron chi connectivity index (χ4n) is 3.07. The molecule has 0 radical (unpaired) electrons. The van der Waals surface area contributed by atoms with E-state index in [1.807, 2.05) is 32.0 Å². The van der Waals surface area contributed by atoms with Gasteiger partial charge in [-0.25, -0.2) is 4.98 Å². The zero-order valence-corrected chi connectivity index (χ0v) is 18.1. The number of ether oxygens (including phenoxy) is 1. The number of aryl methyl sites for hydroxylation is 2. The number of nitrogens with zero attached hydrogens (tertiary/aromatic N) is 1. The predicted molar refractivity (Wildman–Crippen MR) is 120 cm³/mol. The maximum atomic E-state index is 12.7. The van der Waals surface area contributed by atoms with Crippen molar-refractivity contribution in [3.05, 3.63) is 75.3 Å². The number of oxazole rings is 1. The first kappa shape index (κ1) is 20.3. The number of benzene rings is 3. The summed E-state index contributed by atoms with van der Waals surface area (Å²) in [4.78, 5) is 17.3. The Labute approximate surface area is 183 Å². The molecule has 1 heterocycles. The van der Waals surface area contributed by atoms with E-state index in [1.165, 1.54) is 13.2 Å². The molecular weight excluding hydrogens is 423 g/mol. The monoisotopic (exact) mass is 440 g/mol. The largest absolute Gasteiger partial charge is 0.495 e. The minimum Gasteiger partial charge on any atom is -0.495 e. The molecule has 1 amide bonds. The second-order valence-corrected chi connectivity index (χ2v) is 7.74. The van der Waals surface area contributed by atoms with E-state index in [0.29, 0.717) is 44.1 Å². The number of anilines is 1. The van der Waals surface area contributed by atoms with E-state index in [9.17, 15) is 4.79 Å². The average molecular weight is 441 g/mol. The predicted octanol–water partition coefficient (Wildman–Crippen LogP) is 6.68. The van der Waals surface area contributed by atoms with Crippen molar-refractivity contribution in [2.24, 2.45) is 0 Å². The summed E-state index contributed by atoms with van der Waals surface area (Å²) < 4.78 is 11.3. The molecule has 5 nitrogen and oxygen atoms in total. The minimum atomic E-state index is -0.340. The molecule has 0 aliphatic heterocycles. The molecule has 4 rings (SSSR count). The van der Waals surface area contributed by atoms with Crippen molar-refractivity contribution < 1.29 is 13.9 Å². The van der Waals surface area contributed by atoms with E-state index in [-0.39, 0.29) is 5.91 Å². The Balaban J connectivity index is 1.70. The zero-order chi connectivity index (χ0) is 21.4. The lowest BCUT2D eigenvalue weighted by atomic mass is 10.1. The van der Waals surface area contributed by atoms with E-state index in [0.717, 1.165) is 16.6 Å². The highest BCUT2D eigenvalue weighted by molar-refractivity contribution is 6.42. The number of nitrogens with one attached hydrogen (secondary N) is 1. The molecule has 0 bridgehead atoms. The first-order valence-corrected chi connectivity index (χ1v) is 9.94. The fourth-order valence-corrected chi connectivity index (χ4v) is 3.37. The van der Waals surface area contributed by atoms with Crippen LogP contribution >= 0.6 is 23.2 Å². The molecular formula is C23H18Cl2N2O3. The second-order valence-electron chi connectivity index (χ2n) is 6.92. The van der Waals surface area contributed by atoms with Crippen LogP contribution in [-0.2, 0) is 0 Å². The molecule has 0 saturated carbocycles. The van der Waals surface area contributed by atoms with Crippen molar-refractivity contribution in [2.45, 2.75) is 13.8 Å². The van der Waals surface area contributed by atoms with Gasteiger partial charge in [0.15, 0.2) is 5.58 Å². The number of carbonyl (C=O) groups is 1. The van der Waals surface area contributed by atoms with Crippen molar-refractivity contribution in [2.75, 3.05) is 12.4 Å². The highest BCUT2D eigenvalue weighted by Gasteiger charge is 2.15. The molecule has 152 valence electrons. The standard InChI is InChI=1S/C23H18Cl2N2O3/c1-12-8-18-21(9-13(12)2)30-23(27-18)15-5-7-20(29-3)19(11-15)26-22(28)14-4-6-16(24)17(25)10-14/h4-11H,1-3H3,(H,26,28). The van der Waals surface area contributed by atoms with Crippen molar-refractivity contribution in [1.29, 1.82) is 0 Å². The highest BCUT2D eigenvalue weighted by atomic mass is 35.5. The lowest BCUT2D eigenvalue weighted by Gasteiger charge is -2.11. The third-order valence-electron chi connectivity index (χ3n) is 4.88. The third-order valence-corrected chi connectivity index (χ3v) is 5.62. The number of aromatic nitrogens is 1. The van der Waals surface area contributed by atoms with Crippen LogP contribution in [0.1, 0.15) is 21.5 Å². The lowest BCUT2D eigenvalue weighted by Crippen LogP contribution is -2.12. The van der Waals surface area contributed by atoms with Crippen LogP contribution in [0.2, 0.25) is 10.0 Å². The fraction of sp³-hybridized carbons (Fsp3) is 0.130. The molecule has 1 N–H and O–H groups in total. The molecule has 30 heavy (non-hydrogen) atoms. The molecule has 1 aromatic heterocycles. The van der Waals surface area contributed by atoms with Crippen molar-refractivity contribution >= 4 is 45.9 Å². The summed E-state index contributed by atoms with van der Waals surface area (Å²) in [7, 11) is 1.54. The topological polar surface area (TPSA) is 64.4 Å². The van der Waals surface area contributed by atoms with E-state index in [1.54, 1.807) is 24.3 Å². The Hall–Kier alpha value is -3.02. The van der Waals surface area contributed by atoms with Crippen molar-refractivity contribution in [3.8, 4) is 17.2 Å². The molecule has 4 aromatic rings. The lowest BCUT2D eigenvalue weighted by molar-refractivity contribution is 0.102. The van der Waals surface area contributed by atoms with Crippen LogP contribution in [0.4, 0.5) is 5.69 Å². The Morgan fingerprint density at radius 3 is 2.50 bits per heavy atom. The number of fused-ring (bicyclic) bond motifs is 1. The number of hydrogen-bond acceptors (Lipinski definition) is 4. The van der Waals surface area contributed by atoms with Crippen LogP contribution in [0.25, 0.3) is 22.6 Å². The van der Waals surface area contributed by atoms with E-state index in [4.69, 9.17) is 32.4 Å². The number of hydrogen-bond donors (Lipinski definition) is 1. The average Bonchev–Trinajstić information content (AvgIpc) is 3.13. The van der Waals surface area contributed by atoms with Gasteiger partial charge in [0, 0.05) is 11.1 Å². The number of amides is 1. The summed E-state index contributed by atoms with van der Waals surface area (Å²) >= 11 is 12.0. The Morgan fingerprint density at radius 1 is 1.00 bits per heavy atom. The van der Waals surface area contributed by atoms with Crippen LogP contribution in [-0.4, -0.2) is 18.0 Å². The number of carbonyl (C=O) groups excluding carboxylic acids is 1. The summed E-state index contributed by atoms with van der Waals surface area (Å²) in [6.45, 7) is 4.06. The van der Waals surface area contributed by atoms with Crippen LogP contribution in [0.5, 0.6) is 5.75 Å². The first-order chi connectivity index (χ1) is 14.4. The molecule has 3 aromatic carbocycles. The normalized spacial score (nSPS) is 11.0. The van der Waals surface area contributed by atoms with Crippen LogP contribution in [0, 0.1) is 13.8 Å². The van der Waals surface area contributed by atoms with Gasteiger partial charge in [-0.1, -0.05) is 23.2 Å². The second kappa shape index (κ2) is 8.01. The summed E-state index contributed by atoms with van der Waals surface area (Å²) in [5, 5.41) is 3.54. The third kappa shape index (κ3) is 3.86. The number of methoxy groups -OCH3 is 1. The van der Waals surface area contributed by atoms with E-state index in [2.05, 4.69) is 10.3 Å². The van der Waals surface area contributed by atoms with Crippen LogP contribution in [0.3, 0.4) is 0 Å². The van der Waals surface area contributed by atoms with Gasteiger partial charge in [-0.3, -0.25) is 4.79 Å². The molecule has 0 unspecified atom stereocenters. The van der Waals surface area contributed by atoms with Gasteiger partial charge in [-0.2, -0.15) is 0 Å². The molecule has 0 aliphatic carbocycles. The van der Waals surface area contributed by atoms with Crippen LogP contribution in [0.15, 0.2) is 52.9 Å². The molecule has 0 spiro atoms. The van der Waals surface area contributed by atoms with Crippen molar-refractivity contribution in [3.63, 3.8) is 0 Å². The van der Waals surface area contributed by atoms with Gasteiger partial charge < -0.3 is 14.5 Å². The van der Waals surface area contributed by atoms with Crippen LogP contribution < -0.4 is 10.1 Å². The molecule has 0 saturated heterocycles. The smallest absolute Gasteiger partial charge is 0.255 e. The Morgan fingerprint density at radius 2 is 1.77 bits per heavy atom. The molecule has 7 heteroatoms. The zero-order valence-electron chi connectivity index (χ0n) is 16.5.